The van der Waals surface area contributed by atoms with Crippen molar-refractivity contribution in [3.8, 4) is 0 Å². The van der Waals surface area contributed by atoms with Crippen molar-refractivity contribution >= 4 is 43.3 Å². The van der Waals surface area contributed by atoms with E-state index in [2.05, 4.69) is 9.48 Å². The van der Waals surface area contributed by atoms with Crippen LogP contribution < -0.4 is 4.90 Å². The highest BCUT2D eigenvalue weighted by Gasteiger charge is 2.48. The summed E-state index contributed by atoms with van der Waals surface area (Å²) in [5.74, 6) is -0.848. The van der Waals surface area contributed by atoms with Crippen molar-refractivity contribution in [3.05, 3.63) is 83.6 Å². The molecule has 0 aliphatic carbocycles. The Hall–Kier alpha value is -3.74. The van der Waals surface area contributed by atoms with E-state index >= 15 is 0 Å². The van der Waals surface area contributed by atoms with Crippen LogP contribution in [0.1, 0.15) is 70.4 Å². The second-order valence-electron chi connectivity index (χ2n) is 14.5. The van der Waals surface area contributed by atoms with Crippen LogP contribution in [-0.2, 0) is 54.8 Å². The molecule has 16 heteroatoms. The second kappa shape index (κ2) is 20.3. The molecule has 2 unspecified atom stereocenters. The predicted octanol–water partition coefficient (Wildman–Crippen LogP) is 6.08. The van der Waals surface area contributed by atoms with Crippen LogP contribution in [0.4, 0.5) is 11.4 Å². The third kappa shape index (κ3) is 11.3. The van der Waals surface area contributed by atoms with E-state index in [1.54, 1.807) is 26.4 Å². The van der Waals surface area contributed by atoms with E-state index in [-0.39, 0.29) is 16.2 Å². The number of hydrogen-bond donors (Lipinski definition) is 3. The van der Waals surface area contributed by atoms with Gasteiger partial charge in [-0.1, -0.05) is 18.2 Å². The molecule has 0 radical (unpaired) electrons. The standard InChI is InChI=1S/C41H56N2O12S2/c1-6-42-35-18-16-31(56(46,47)48)29-33(35)40(2,20-23-54-27-25-52-4)37(42)13-9-7-10-14-38-41(3,21-24-55-28-26-53-5)34-30-32(57(49,50)51)17-19-36(34)43(38)22-12-8-11-15-39(44)45/h7,9-10,13-14,16-19,29-30H,6,8,11-12,15,20-28H2,1-5H3,(H2-,44,45,46,47,48,49,50,51)/p+1. The van der Waals surface area contributed by atoms with Gasteiger partial charge in [-0.25, -0.2) is 0 Å². The number of aliphatic carboxylic acids is 1. The van der Waals surface area contributed by atoms with Gasteiger partial charge in [0.2, 0.25) is 5.69 Å². The highest BCUT2D eigenvalue weighted by Crippen LogP contribution is 2.50. The first-order chi connectivity index (χ1) is 27.0. The Kier molecular flexibility index (Phi) is 16.4. The molecule has 0 aromatic heterocycles. The lowest BCUT2D eigenvalue weighted by atomic mass is 9.76. The maximum atomic E-state index is 12.3. The van der Waals surface area contributed by atoms with Gasteiger partial charge in [0, 0.05) is 81.3 Å². The molecular formula is C41H57N2O12S2+. The quantitative estimate of drug-likeness (QED) is 0.0478. The van der Waals surface area contributed by atoms with Crippen molar-refractivity contribution in [2.45, 2.75) is 79.9 Å². The van der Waals surface area contributed by atoms with Gasteiger partial charge in [0.1, 0.15) is 6.54 Å². The number of ether oxygens (including phenoxy) is 4. The van der Waals surface area contributed by atoms with E-state index in [0.29, 0.717) is 84.8 Å². The minimum atomic E-state index is -4.49. The first-order valence-electron chi connectivity index (χ1n) is 19.1. The second-order valence-corrected chi connectivity index (χ2v) is 17.3. The smallest absolute Gasteiger partial charge is 0.303 e. The van der Waals surface area contributed by atoms with Crippen molar-refractivity contribution in [2.75, 3.05) is 71.9 Å². The summed E-state index contributed by atoms with van der Waals surface area (Å²) in [4.78, 5) is 12.9. The van der Waals surface area contributed by atoms with Crippen LogP contribution in [-0.4, -0.2) is 114 Å². The molecule has 2 atom stereocenters. The number of benzene rings is 2. The van der Waals surface area contributed by atoms with Gasteiger partial charge >= 0.3 is 5.97 Å². The number of carboxylic acid groups (broad SMARTS) is 1. The number of rotatable bonds is 24. The maximum Gasteiger partial charge on any atom is 0.303 e. The number of likely N-dealkylation sites (N-methyl/N-ethyl adjacent to an activating group) is 1. The fourth-order valence-corrected chi connectivity index (χ4v) is 8.63. The van der Waals surface area contributed by atoms with Gasteiger partial charge < -0.3 is 29.0 Å². The van der Waals surface area contributed by atoms with Gasteiger partial charge in [-0.05, 0) is 88.4 Å². The maximum absolute atomic E-state index is 12.3. The molecule has 0 spiro atoms. The molecule has 4 rings (SSSR count). The average Bonchev–Trinajstić information content (AvgIpc) is 3.53. The average molecular weight is 834 g/mol. The minimum absolute atomic E-state index is 0.0732. The van der Waals surface area contributed by atoms with Gasteiger partial charge in [-0.3, -0.25) is 13.9 Å². The number of anilines is 1. The van der Waals surface area contributed by atoms with Crippen molar-refractivity contribution in [1.82, 2.24) is 0 Å². The molecular weight excluding hydrogens is 777 g/mol. The largest absolute Gasteiger partial charge is 0.481 e. The van der Waals surface area contributed by atoms with Crippen molar-refractivity contribution < 1.29 is 59.4 Å². The summed E-state index contributed by atoms with van der Waals surface area (Å²) in [5.41, 5.74) is 3.52. The molecule has 57 heavy (non-hydrogen) atoms. The number of carboxylic acids is 1. The van der Waals surface area contributed by atoms with E-state index in [9.17, 15) is 30.7 Å². The molecule has 314 valence electrons. The lowest BCUT2D eigenvalue weighted by Crippen LogP contribution is -2.33. The van der Waals surface area contributed by atoms with Crippen LogP contribution >= 0.6 is 0 Å². The molecule has 2 aliphatic heterocycles. The van der Waals surface area contributed by atoms with Gasteiger partial charge in [0.15, 0.2) is 5.71 Å². The number of methoxy groups -OCH3 is 2. The fourth-order valence-electron chi connectivity index (χ4n) is 7.61. The SMILES string of the molecule is CCN1/C(=C/C=C/C=C/C2=[N+](CCCCCC(=O)O)c3ccc(S(=O)(=O)O)cc3C2(C)CCOCCOC)C(C)(CCOCCOC)c2cc(S(=O)(=O)O)ccc21. The Balaban J connectivity index is 1.75. The van der Waals surface area contributed by atoms with Gasteiger partial charge in [0.05, 0.1) is 41.6 Å². The van der Waals surface area contributed by atoms with E-state index in [4.69, 9.17) is 24.1 Å². The summed E-state index contributed by atoms with van der Waals surface area (Å²) in [6.07, 6.45) is 12.7. The molecule has 2 aromatic rings. The third-order valence-corrected chi connectivity index (χ3v) is 12.4. The number of fused-ring (bicyclic) bond motifs is 2. The Bertz CT molecular complexity index is 2080. The predicted molar refractivity (Wildman–Crippen MR) is 217 cm³/mol. The highest BCUT2D eigenvalue weighted by molar-refractivity contribution is 7.86. The zero-order chi connectivity index (χ0) is 41.9. The molecule has 2 aliphatic rings. The van der Waals surface area contributed by atoms with Crippen LogP contribution in [0.5, 0.6) is 0 Å². The summed E-state index contributed by atoms with van der Waals surface area (Å²) >= 11 is 0. The van der Waals surface area contributed by atoms with Gasteiger partial charge in [0.25, 0.3) is 20.2 Å². The molecule has 0 saturated heterocycles. The topological polar surface area (TPSA) is 189 Å². The third-order valence-electron chi connectivity index (χ3n) is 10.7. The summed E-state index contributed by atoms with van der Waals surface area (Å²) < 4.78 is 92.9. The fraction of sp³-hybridized carbons (Fsp3) is 0.512. The monoisotopic (exact) mass is 833 g/mol. The molecule has 2 heterocycles. The van der Waals surface area contributed by atoms with Crippen LogP contribution in [0, 0.1) is 0 Å². The summed E-state index contributed by atoms with van der Waals surface area (Å²) in [6.45, 7) is 9.58. The summed E-state index contributed by atoms with van der Waals surface area (Å²) in [5, 5.41) is 9.15. The van der Waals surface area contributed by atoms with E-state index in [0.717, 1.165) is 33.9 Å². The van der Waals surface area contributed by atoms with Crippen LogP contribution in [0.2, 0.25) is 0 Å². The number of nitrogens with zero attached hydrogens (tertiary/aromatic N) is 2. The molecule has 2 aromatic carbocycles. The zero-order valence-corrected chi connectivity index (χ0v) is 35.1. The van der Waals surface area contributed by atoms with Crippen molar-refractivity contribution in [3.63, 3.8) is 0 Å². The van der Waals surface area contributed by atoms with Crippen LogP contribution in [0.3, 0.4) is 0 Å². The lowest BCUT2D eigenvalue weighted by molar-refractivity contribution is -0.438. The number of unbranched alkanes of at least 4 members (excludes halogenated alkanes) is 2. The normalized spacial score (nSPS) is 20.4. The van der Waals surface area contributed by atoms with E-state index < -0.39 is 37.0 Å². The zero-order valence-electron chi connectivity index (χ0n) is 33.5. The Morgan fingerprint density at radius 3 is 1.95 bits per heavy atom. The Morgan fingerprint density at radius 1 is 0.772 bits per heavy atom. The molecule has 0 fully saturated rings. The minimum Gasteiger partial charge on any atom is -0.481 e. The molecule has 0 saturated carbocycles. The first-order valence-corrected chi connectivity index (χ1v) is 22.0. The van der Waals surface area contributed by atoms with Crippen LogP contribution in [0.15, 0.2) is 82.3 Å². The summed E-state index contributed by atoms with van der Waals surface area (Å²) in [7, 11) is -5.74. The summed E-state index contributed by atoms with van der Waals surface area (Å²) in [6, 6.07) is 9.26. The first kappa shape index (κ1) is 46.0. The molecule has 0 amide bonds. The number of hydrogen-bond acceptors (Lipinski definition) is 10. The number of carbonyl (C=O) groups is 1. The van der Waals surface area contributed by atoms with Gasteiger partial charge in [-0.2, -0.15) is 21.4 Å². The molecule has 0 bridgehead atoms. The van der Waals surface area contributed by atoms with E-state index in [1.807, 2.05) is 51.2 Å². The van der Waals surface area contributed by atoms with E-state index in [1.165, 1.54) is 24.3 Å². The van der Waals surface area contributed by atoms with Crippen molar-refractivity contribution in [2.24, 2.45) is 0 Å². The number of allylic oxidation sites excluding steroid dienone is 6. The molecule has 3 N–H and O–H groups in total. The Labute approximate surface area is 337 Å². The lowest BCUT2D eigenvalue weighted by Gasteiger charge is -2.30. The van der Waals surface area contributed by atoms with Crippen molar-refractivity contribution in [1.29, 1.82) is 0 Å². The van der Waals surface area contributed by atoms with Crippen LogP contribution in [0.25, 0.3) is 0 Å². The molecule has 14 nitrogen and oxygen atoms in total. The highest BCUT2D eigenvalue weighted by atomic mass is 32.2. The Morgan fingerprint density at radius 2 is 1.37 bits per heavy atom. The van der Waals surface area contributed by atoms with Gasteiger partial charge in [-0.15, -0.1) is 0 Å².